The topological polar surface area (TPSA) is 80.5 Å². The minimum absolute atomic E-state index is 0.0193. The molecule has 1 N–H and O–H groups in total. The van der Waals surface area contributed by atoms with Crippen LogP contribution in [0.3, 0.4) is 0 Å². The molecule has 0 saturated carbocycles. The number of morpholine rings is 1. The first-order valence-corrected chi connectivity index (χ1v) is 8.98. The van der Waals surface area contributed by atoms with E-state index in [1.54, 1.807) is 6.20 Å². The van der Waals surface area contributed by atoms with Gasteiger partial charge in [0.2, 0.25) is 5.91 Å². The molecule has 1 fully saturated rings. The van der Waals surface area contributed by atoms with Crippen molar-refractivity contribution in [3.63, 3.8) is 0 Å². The standard InChI is InChI=1S/C18H26N4O3/c1-4-13(5-2)16(22-6-8-24-9-7-22)17(23)20-14-10-15-12(3)21-25-18(15)19-11-14/h10-11,13,16H,4-9H2,1-3H3,(H,20,23). The molecule has 25 heavy (non-hydrogen) atoms. The smallest absolute Gasteiger partial charge is 0.258 e. The number of aryl methyl sites for hydroxylation is 1. The quantitative estimate of drug-likeness (QED) is 0.866. The van der Waals surface area contributed by atoms with Crippen LogP contribution < -0.4 is 5.32 Å². The van der Waals surface area contributed by atoms with Crippen molar-refractivity contribution in [2.45, 2.75) is 39.7 Å². The minimum Gasteiger partial charge on any atom is -0.379 e. The molecule has 1 aliphatic rings. The highest BCUT2D eigenvalue weighted by atomic mass is 16.5. The monoisotopic (exact) mass is 346 g/mol. The van der Waals surface area contributed by atoms with E-state index in [0.29, 0.717) is 30.5 Å². The van der Waals surface area contributed by atoms with Crippen molar-refractivity contribution in [1.29, 1.82) is 0 Å². The average Bonchev–Trinajstić information content (AvgIpc) is 3.00. The summed E-state index contributed by atoms with van der Waals surface area (Å²) >= 11 is 0. The Hall–Kier alpha value is -1.99. The second-order valence-corrected chi connectivity index (χ2v) is 6.50. The lowest BCUT2D eigenvalue weighted by molar-refractivity contribution is -0.125. The third kappa shape index (κ3) is 3.82. The van der Waals surface area contributed by atoms with E-state index in [0.717, 1.165) is 37.0 Å². The van der Waals surface area contributed by atoms with Crippen LogP contribution in [-0.2, 0) is 9.53 Å². The molecule has 3 rings (SSSR count). The molecule has 2 aromatic heterocycles. The molecule has 0 aromatic carbocycles. The molecular weight excluding hydrogens is 320 g/mol. The maximum atomic E-state index is 13.1. The van der Waals surface area contributed by atoms with Gasteiger partial charge in [0.1, 0.15) is 0 Å². The Labute approximate surface area is 147 Å². The summed E-state index contributed by atoms with van der Waals surface area (Å²) < 4.78 is 10.6. The van der Waals surface area contributed by atoms with Crippen LogP contribution in [0.4, 0.5) is 5.69 Å². The molecule has 136 valence electrons. The first kappa shape index (κ1) is 17.8. The molecule has 0 aliphatic carbocycles. The van der Waals surface area contributed by atoms with Gasteiger partial charge in [-0.05, 0) is 18.9 Å². The molecule has 7 heteroatoms. The van der Waals surface area contributed by atoms with Gasteiger partial charge in [-0.2, -0.15) is 0 Å². The third-order valence-corrected chi connectivity index (χ3v) is 4.98. The van der Waals surface area contributed by atoms with Crippen molar-refractivity contribution >= 4 is 22.7 Å². The molecule has 1 atom stereocenters. The lowest BCUT2D eigenvalue weighted by Crippen LogP contribution is -2.52. The number of hydrogen-bond acceptors (Lipinski definition) is 6. The number of anilines is 1. The summed E-state index contributed by atoms with van der Waals surface area (Å²) in [7, 11) is 0. The number of pyridine rings is 1. The zero-order valence-electron chi connectivity index (χ0n) is 15.1. The average molecular weight is 346 g/mol. The second-order valence-electron chi connectivity index (χ2n) is 6.50. The van der Waals surface area contributed by atoms with Gasteiger partial charge in [-0.25, -0.2) is 4.98 Å². The maximum Gasteiger partial charge on any atom is 0.258 e. The van der Waals surface area contributed by atoms with Crippen molar-refractivity contribution in [3.05, 3.63) is 18.0 Å². The van der Waals surface area contributed by atoms with Crippen molar-refractivity contribution in [3.8, 4) is 0 Å². The van der Waals surface area contributed by atoms with E-state index in [4.69, 9.17) is 9.26 Å². The van der Waals surface area contributed by atoms with Gasteiger partial charge >= 0.3 is 0 Å². The van der Waals surface area contributed by atoms with E-state index in [-0.39, 0.29) is 11.9 Å². The number of aromatic nitrogens is 2. The normalized spacial score (nSPS) is 17.1. The third-order valence-electron chi connectivity index (χ3n) is 4.98. The number of nitrogens with one attached hydrogen (secondary N) is 1. The number of amides is 1. The maximum absolute atomic E-state index is 13.1. The van der Waals surface area contributed by atoms with Gasteiger partial charge in [-0.15, -0.1) is 0 Å². The Morgan fingerprint density at radius 1 is 1.32 bits per heavy atom. The molecule has 0 radical (unpaired) electrons. The summed E-state index contributed by atoms with van der Waals surface area (Å²) in [5.74, 6) is 0.331. The van der Waals surface area contributed by atoms with Gasteiger partial charge in [0.25, 0.3) is 5.71 Å². The first-order valence-electron chi connectivity index (χ1n) is 8.98. The van der Waals surface area contributed by atoms with Crippen LogP contribution >= 0.6 is 0 Å². The van der Waals surface area contributed by atoms with Gasteiger partial charge in [0.15, 0.2) is 0 Å². The van der Waals surface area contributed by atoms with Crippen molar-refractivity contribution < 1.29 is 14.1 Å². The Morgan fingerprint density at radius 2 is 2.04 bits per heavy atom. The number of carbonyl (C=O) groups is 1. The van der Waals surface area contributed by atoms with Crippen LogP contribution in [0.2, 0.25) is 0 Å². The molecule has 1 unspecified atom stereocenters. The Balaban J connectivity index is 1.81. The fraction of sp³-hybridized carbons (Fsp3) is 0.611. The number of rotatable bonds is 6. The van der Waals surface area contributed by atoms with E-state index >= 15 is 0 Å². The van der Waals surface area contributed by atoms with E-state index in [1.807, 2.05) is 13.0 Å². The van der Waals surface area contributed by atoms with Crippen LogP contribution in [0.5, 0.6) is 0 Å². The predicted octanol–water partition coefficient (Wildman–Crippen LogP) is 2.61. The SMILES string of the molecule is CCC(CC)C(C(=O)Nc1cnc2onc(C)c2c1)N1CCOCC1. The molecule has 3 heterocycles. The molecule has 1 saturated heterocycles. The second kappa shape index (κ2) is 7.93. The fourth-order valence-electron chi connectivity index (χ4n) is 3.50. The zero-order chi connectivity index (χ0) is 17.8. The number of fused-ring (bicyclic) bond motifs is 1. The molecule has 1 aliphatic heterocycles. The van der Waals surface area contributed by atoms with Crippen LogP contribution in [0.25, 0.3) is 11.1 Å². The number of carbonyl (C=O) groups excluding carboxylic acids is 1. The van der Waals surface area contributed by atoms with Gasteiger partial charge in [-0.3, -0.25) is 9.69 Å². The molecule has 2 aromatic rings. The van der Waals surface area contributed by atoms with Crippen molar-refractivity contribution in [2.75, 3.05) is 31.6 Å². The number of nitrogens with zero attached hydrogens (tertiary/aromatic N) is 3. The summed E-state index contributed by atoms with van der Waals surface area (Å²) in [6.07, 6.45) is 3.55. The summed E-state index contributed by atoms with van der Waals surface area (Å²) in [5, 5.41) is 7.77. The van der Waals surface area contributed by atoms with Crippen LogP contribution in [0, 0.1) is 12.8 Å². The molecule has 0 spiro atoms. The van der Waals surface area contributed by atoms with E-state index in [9.17, 15) is 4.79 Å². The van der Waals surface area contributed by atoms with Gasteiger partial charge < -0.3 is 14.6 Å². The van der Waals surface area contributed by atoms with E-state index in [2.05, 4.69) is 34.2 Å². The van der Waals surface area contributed by atoms with Gasteiger partial charge in [-0.1, -0.05) is 31.8 Å². The molecular formula is C18H26N4O3. The predicted molar refractivity (Wildman–Crippen MR) is 95.4 cm³/mol. The van der Waals surface area contributed by atoms with Crippen LogP contribution in [-0.4, -0.2) is 53.3 Å². The summed E-state index contributed by atoms with van der Waals surface area (Å²) in [6.45, 7) is 9.08. The summed E-state index contributed by atoms with van der Waals surface area (Å²) in [5.41, 5.74) is 1.93. The van der Waals surface area contributed by atoms with Crippen LogP contribution in [0.15, 0.2) is 16.8 Å². The highest BCUT2D eigenvalue weighted by Crippen LogP contribution is 2.23. The van der Waals surface area contributed by atoms with Gasteiger partial charge in [0, 0.05) is 13.1 Å². The lowest BCUT2D eigenvalue weighted by Gasteiger charge is -2.37. The van der Waals surface area contributed by atoms with Crippen molar-refractivity contribution in [2.24, 2.45) is 5.92 Å². The van der Waals surface area contributed by atoms with Crippen molar-refractivity contribution in [1.82, 2.24) is 15.0 Å². The summed E-state index contributed by atoms with van der Waals surface area (Å²) in [6, 6.07) is 1.72. The summed E-state index contributed by atoms with van der Waals surface area (Å²) in [4.78, 5) is 19.5. The van der Waals surface area contributed by atoms with Crippen LogP contribution in [0.1, 0.15) is 32.4 Å². The fourth-order valence-corrected chi connectivity index (χ4v) is 3.50. The van der Waals surface area contributed by atoms with Gasteiger partial charge in [0.05, 0.1) is 42.2 Å². The minimum atomic E-state index is -0.154. The van der Waals surface area contributed by atoms with E-state index < -0.39 is 0 Å². The Kier molecular flexibility index (Phi) is 5.65. The number of hydrogen-bond donors (Lipinski definition) is 1. The Morgan fingerprint density at radius 3 is 2.72 bits per heavy atom. The van der Waals surface area contributed by atoms with E-state index in [1.165, 1.54) is 0 Å². The zero-order valence-corrected chi connectivity index (χ0v) is 15.1. The highest BCUT2D eigenvalue weighted by Gasteiger charge is 2.33. The lowest BCUT2D eigenvalue weighted by atomic mass is 9.91. The molecule has 7 nitrogen and oxygen atoms in total. The highest BCUT2D eigenvalue weighted by molar-refractivity contribution is 5.96. The largest absolute Gasteiger partial charge is 0.379 e. The Bertz CT molecular complexity index is 720. The first-order chi connectivity index (χ1) is 12.1. The molecule has 1 amide bonds. The molecule has 0 bridgehead atoms. The number of ether oxygens (including phenoxy) is 1.